The Morgan fingerprint density at radius 2 is 1.79 bits per heavy atom. The summed E-state index contributed by atoms with van der Waals surface area (Å²) < 4.78 is 39.2. The molecule has 3 nitrogen and oxygen atoms in total. The number of fused-ring (bicyclic) bond motifs is 1. The Labute approximate surface area is 168 Å². The molecule has 0 aliphatic rings. The summed E-state index contributed by atoms with van der Waals surface area (Å²) in [6.45, 7) is 1.59. The monoisotopic (exact) mass is 421 g/mol. The number of halogens is 5. The Kier molecular flexibility index (Phi) is 4.56. The lowest BCUT2D eigenvalue weighted by molar-refractivity contribution is -0.137. The van der Waals surface area contributed by atoms with Crippen molar-refractivity contribution in [3.63, 3.8) is 0 Å². The maximum absolute atomic E-state index is 13.1. The van der Waals surface area contributed by atoms with Gasteiger partial charge in [-0.2, -0.15) is 13.2 Å². The minimum absolute atomic E-state index is 0.301. The van der Waals surface area contributed by atoms with Crippen molar-refractivity contribution < 1.29 is 13.2 Å². The van der Waals surface area contributed by atoms with E-state index in [0.29, 0.717) is 43.7 Å². The molecule has 4 rings (SSSR count). The van der Waals surface area contributed by atoms with E-state index in [1.807, 2.05) is 0 Å². The molecule has 0 atom stereocenters. The van der Waals surface area contributed by atoms with Crippen molar-refractivity contribution in [3.8, 4) is 22.6 Å². The molecule has 0 aliphatic carbocycles. The molecule has 2 aromatic heterocycles. The van der Waals surface area contributed by atoms with Crippen molar-refractivity contribution in [1.29, 1.82) is 0 Å². The van der Waals surface area contributed by atoms with E-state index in [1.165, 1.54) is 0 Å². The molecule has 0 fully saturated rings. The van der Waals surface area contributed by atoms with E-state index in [4.69, 9.17) is 23.2 Å². The van der Waals surface area contributed by atoms with Crippen LogP contribution in [0.4, 0.5) is 13.2 Å². The highest BCUT2D eigenvalue weighted by Gasteiger charge is 2.31. The van der Waals surface area contributed by atoms with Gasteiger partial charge in [-0.05, 0) is 48.9 Å². The largest absolute Gasteiger partial charge is 0.416 e. The van der Waals surface area contributed by atoms with Crippen LogP contribution in [0.25, 0.3) is 33.7 Å². The summed E-state index contributed by atoms with van der Waals surface area (Å²) in [6, 6.07) is 10.8. The fraction of sp³-hybridized carbons (Fsp3) is 0.100. The molecule has 0 unspecified atom stereocenters. The van der Waals surface area contributed by atoms with Crippen LogP contribution in [0.15, 0.2) is 48.7 Å². The Hall–Kier alpha value is -2.57. The number of hydrogen-bond donors (Lipinski definition) is 1. The summed E-state index contributed by atoms with van der Waals surface area (Å²) in [4.78, 5) is 11.6. The fourth-order valence-electron chi connectivity index (χ4n) is 3.03. The molecular formula is C20H12Cl2F3N3. The number of nitrogens with zero attached hydrogens (tertiary/aromatic N) is 2. The quantitative estimate of drug-likeness (QED) is 0.381. The van der Waals surface area contributed by atoms with Gasteiger partial charge >= 0.3 is 6.18 Å². The maximum atomic E-state index is 13.1. The number of H-pyrrole nitrogens is 1. The first-order valence-corrected chi connectivity index (χ1v) is 8.98. The van der Waals surface area contributed by atoms with Crippen LogP contribution in [0.2, 0.25) is 10.0 Å². The van der Waals surface area contributed by atoms with E-state index in [0.717, 1.165) is 17.7 Å². The molecule has 1 N–H and O–H groups in total. The second kappa shape index (κ2) is 6.79. The third-order valence-corrected chi connectivity index (χ3v) is 4.98. The molecule has 0 spiro atoms. The van der Waals surface area contributed by atoms with Crippen LogP contribution in [-0.4, -0.2) is 15.0 Å². The zero-order valence-corrected chi connectivity index (χ0v) is 15.9. The molecule has 0 radical (unpaired) electrons. The zero-order chi connectivity index (χ0) is 20.1. The Morgan fingerprint density at radius 3 is 2.46 bits per heavy atom. The van der Waals surface area contributed by atoms with Gasteiger partial charge < -0.3 is 4.98 Å². The second-order valence-corrected chi connectivity index (χ2v) is 7.12. The molecule has 8 heteroatoms. The SMILES string of the molecule is Cc1cc(C(F)(F)F)cc2[nH]c(-c3ccc(-c4ncccc4Cl)cc3Cl)nc12. The summed E-state index contributed by atoms with van der Waals surface area (Å²) in [7, 11) is 0. The van der Waals surface area contributed by atoms with E-state index in [2.05, 4.69) is 15.0 Å². The number of pyridine rings is 1. The predicted octanol–water partition coefficient (Wildman–Crippen LogP) is 6.93. The minimum Gasteiger partial charge on any atom is -0.338 e. The predicted molar refractivity (Wildman–Crippen MR) is 105 cm³/mol. The molecule has 2 heterocycles. The van der Waals surface area contributed by atoms with Crippen LogP contribution >= 0.6 is 23.2 Å². The molecule has 4 aromatic rings. The van der Waals surface area contributed by atoms with E-state index in [1.54, 1.807) is 43.5 Å². The number of rotatable bonds is 2. The highest BCUT2D eigenvalue weighted by atomic mass is 35.5. The lowest BCUT2D eigenvalue weighted by atomic mass is 10.1. The van der Waals surface area contributed by atoms with Crippen molar-refractivity contribution >= 4 is 34.2 Å². The summed E-state index contributed by atoms with van der Waals surface area (Å²) in [6.07, 6.45) is -2.80. The second-order valence-electron chi connectivity index (χ2n) is 6.30. The number of aromatic amines is 1. The van der Waals surface area contributed by atoms with Gasteiger partial charge in [0.1, 0.15) is 5.82 Å². The van der Waals surface area contributed by atoms with Crippen LogP contribution in [0.3, 0.4) is 0 Å². The number of hydrogen-bond acceptors (Lipinski definition) is 2. The van der Waals surface area contributed by atoms with E-state index in [9.17, 15) is 13.2 Å². The molecule has 0 saturated carbocycles. The van der Waals surface area contributed by atoms with Crippen LogP contribution in [0.5, 0.6) is 0 Å². The van der Waals surface area contributed by atoms with Gasteiger partial charge in [-0.25, -0.2) is 4.98 Å². The van der Waals surface area contributed by atoms with Gasteiger partial charge in [-0.3, -0.25) is 4.98 Å². The first kappa shape index (κ1) is 18.8. The maximum Gasteiger partial charge on any atom is 0.416 e. The van der Waals surface area contributed by atoms with Gasteiger partial charge in [-0.15, -0.1) is 0 Å². The van der Waals surface area contributed by atoms with Crippen molar-refractivity contribution in [2.45, 2.75) is 13.1 Å². The van der Waals surface area contributed by atoms with Crippen LogP contribution in [-0.2, 0) is 6.18 Å². The number of benzene rings is 2. The molecule has 28 heavy (non-hydrogen) atoms. The topological polar surface area (TPSA) is 41.6 Å². The van der Waals surface area contributed by atoms with E-state index >= 15 is 0 Å². The van der Waals surface area contributed by atoms with Crippen LogP contribution < -0.4 is 0 Å². The lowest BCUT2D eigenvalue weighted by Gasteiger charge is -2.07. The summed E-state index contributed by atoms with van der Waals surface area (Å²) in [5, 5.41) is 0.873. The molecule has 142 valence electrons. The average Bonchev–Trinajstić information content (AvgIpc) is 3.06. The van der Waals surface area contributed by atoms with Crippen molar-refractivity contribution in [2.75, 3.05) is 0 Å². The number of aryl methyl sites for hydroxylation is 1. The number of nitrogens with one attached hydrogen (secondary N) is 1. The Morgan fingerprint density at radius 1 is 1.00 bits per heavy atom. The fourth-order valence-corrected chi connectivity index (χ4v) is 3.54. The normalized spacial score (nSPS) is 11.9. The van der Waals surface area contributed by atoms with E-state index < -0.39 is 11.7 Å². The zero-order valence-electron chi connectivity index (χ0n) is 14.4. The highest BCUT2D eigenvalue weighted by molar-refractivity contribution is 6.34. The van der Waals surface area contributed by atoms with Crippen LogP contribution in [0, 0.1) is 6.92 Å². The van der Waals surface area contributed by atoms with Gasteiger partial charge in [-0.1, -0.05) is 29.3 Å². The minimum atomic E-state index is -4.43. The van der Waals surface area contributed by atoms with Gasteiger partial charge in [0.2, 0.25) is 0 Å². The molecule has 0 bridgehead atoms. The standard InChI is InChI=1S/C20H12Cl2F3N3/c1-10-7-12(20(23,24)25)9-16-17(10)28-19(27-16)13-5-4-11(8-15(13)22)18-14(21)3-2-6-26-18/h2-9H,1H3,(H,27,28). The number of aromatic nitrogens is 3. The Bertz CT molecular complexity index is 1200. The molecule has 0 saturated heterocycles. The number of alkyl halides is 3. The van der Waals surface area contributed by atoms with Gasteiger partial charge in [0.25, 0.3) is 0 Å². The van der Waals surface area contributed by atoms with Gasteiger partial charge in [0, 0.05) is 17.3 Å². The highest BCUT2D eigenvalue weighted by Crippen LogP contribution is 2.36. The van der Waals surface area contributed by atoms with Gasteiger partial charge in [0.05, 0.1) is 32.3 Å². The summed E-state index contributed by atoms with van der Waals surface area (Å²) >= 11 is 12.6. The third kappa shape index (κ3) is 3.34. The van der Waals surface area contributed by atoms with Crippen molar-refractivity contribution in [2.24, 2.45) is 0 Å². The third-order valence-electron chi connectivity index (χ3n) is 4.36. The lowest BCUT2D eigenvalue weighted by Crippen LogP contribution is -2.05. The molecule has 0 aliphatic heterocycles. The van der Waals surface area contributed by atoms with Gasteiger partial charge in [0.15, 0.2) is 0 Å². The van der Waals surface area contributed by atoms with Crippen LogP contribution in [0.1, 0.15) is 11.1 Å². The Balaban J connectivity index is 1.80. The summed E-state index contributed by atoms with van der Waals surface area (Å²) in [5.74, 6) is 0.390. The average molecular weight is 422 g/mol. The first-order chi connectivity index (χ1) is 13.2. The number of imidazole rings is 1. The summed E-state index contributed by atoms with van der Waals surface area (Å²) in [5.41, 5.74) is 2.37. The first-order valence-electron chi connectivity index (χ1n) is 8.22. The van der Waals surface area contributed by atoms with E-state index in [-0.39, 0.29) is 0 Å². The van der Waals surface area contributed by atoms with Crippen molar-refractivity contribution in [3.05, 3.63) is 69.8 Å². The smallest absolute Gasteiger partial charge is 0.338 e. The molecule has 0 amide bonds. The van der Waals surface area contributed by atoms with Crippen molar-refractivity contribution in [1.82, 2.24) is 15.0 Å². The molecular weight excluding hydrogens is 410 g/mol. The molecule has 2 aromatic carbocycles.